The molecule has 0 atom stereocenters. The van der Waals surface area contributed by atoms with Crippen LogP contribution in [-0.2, 0) is 13.7 Å². The summed E-state index contributed by atoms with van der Waals surface area (Å²) in [7, 11) is 1.76. The van der Waals surface area contributed by atoms with Gasteiger partial charge >= 0.3 is 0 Å². The van der Waals surface area contributed by atoms with Gasteiger partial charge in [0.05, 0.1) is 11.8 Å². The second-order valence-electron chi connectivity index (χ2n) is 3.42. The lowest BCUT2D eigenvalue weighted by Gasteiger charge is -2.05. The molecule has 0 aliphatic rings. The third-order valence-electron chi connectivity index (χ3n) is 2.27. The summed E-state index contributed by atoms with van der Waals surface area (Å²) in [6.07, 6.45) is 1.65. The number of hydrogen-bond acceptors (Lipinski definition) is 3. The molecule has 0 bridgehead atoms. The van der Waals surface area contributed by atoms with Crippen molar-refractivity contribution in [2.45, 2.75) is 6.61 Å². The van der Waals surface area contributed by atoms with E-state index in [-0.39, 0.29) is 5.82 Å². The Hall–Kier alpha value is -2.04. The van der Waals surface area contributed by atoms with Crippen molar-refractivity contribution in [3.63, 3.8) is 0 Å². The van der Waals surface area contributed by atoms with Gasteiger partial charge in [0.15, 0.2) is 0 Å². The Kier molecular flexibility index (Phi) is 2.76. The van der Waals surface area contributed by atoms with E-state index in [0.29, 0.717) is 18.2 Å². The Morgan fingerprint density at radius 1 is 1.38 bits per heavy atom. The number of halogens is 1. The number of ether oxygens (including phenoxy) is 1. The van der Waals surface area contributed by atoms with Gasteiger partial charge in [0.1, 0.15) is 24.0 Å². The van der Waals surface area contributed by atoms with Crippen LogP contribution in [0.4, 0.5) is 10.2 Å². The lowest BCUT2D eigenvalue weighted by molar-refractivity contribution is 0.306. The van der Waals surface area contributed by atoms with E-state index in [0.717, 1.165) is 5.56 Å². The van der Waals surface area contributed by atoms with Crippen LogP contribution in [0.5, 0.6) is 5.75 Å². The van der Waals surface area contributed by atoms with Gasteiger partial charge in [0.2, 0.25) is 0 Å². The number of nitrogen functional groups attached to an aromatic ring is 1. The fourth-order valence-electron chi connectivity index (χ4n) is 1.30. The molecular formula is C11H12FN3O. The molecule has 5 heteroatoms. The van der Waals surface area contributed by atoms with Crippen molar-refractivity contribution in [3.8, 4) is 5.75 Å². The second-order valence-corrected chi connectivity index (χ2v) is 3.42. The predicted molar refractivity (Wildman–Crippen MR) is 58.4 cm³/mol. The average molecular weight is 221 g/mol. The summed E-state index contributed by atoms with van der Waals surface area (Å²) in [5, 5.41) is 3.99. The van der Waals surface area contributed by atoms with E-state index in [9.17, 15) is 4.39 Å². The highest BCUT2D eigenvalue weighted by atomic mass is 19.1. The third kappa shape index (κ3) is 2.13. The lowest BCUT2D eigenvalue weighted by Crippen LogP contribution is -2.02. The molecule has 0 saturated carbocycles. The van der Waals surface area contributed by atoms with E-state index in [1.807, 2.05) is 0 Å². The monoisotopic (exact) mass is 221 g/mol. The van der Waals surface area contributed by atoms with Gasteiger partial charge in [-0.3, -0.25) is 4.68 Å². The fourth-order valence-corrected chi connectivity index (χ4v) is 1.30. The van der Waals surface area contributed by atoms with Gasteiger partial charge in [-0.1, -0.05) is 0 Å². The minimum absolute atomic E-state index is 0.284. The summed E-state index contributed by atoms with van der Waals surface area (Å²) in [6, 6.07) is 5.84. The molecule has 2 aromatic rings. The van der Waals surface area contributed by atoms with Crippen LogP contribution in [0.1, 0.15) is 5.56 Å². The number of anilines is 1. The van der Waals surface area contributed by atoms with Crippen molar-refractivity contribution in [2.24, 2.45) is 7.05 Å². The first-order chi connectivity index (χ1) is 7.66. The molecule has 1 aromatic heterocycles. The quantitative estimate of drug-likeness (QED) is 0.858. The van der Waals surface area contributed by atoms with Crippen molar-refractivity contribution in [2.75, 3.05) is 5.73 Å². The fraction of sp³-hybridized carbons (Fsp3) is 0.182. The minimum Gasteiger partial charge on any atom is -0.489 e. The number of nitrogens with zero attached hydrogens (tertiary/aromatic N) is 2. The van der Waals surface area contributed by atoms with Gasteiger partial charge in [-0.25, -0.2) is 4.39 Å². The number of benzene rings is 1. The zero-order valence-electron chi connectivity index (χ0n) is 8.85. The molecule has 0 aliphatic heterocycles. The smallest absolute Gasteiger partial charge is 0.127 e. The highest BCUT2D eigenvalue weighted by molar-refractivity contribution is 5.38. The van der Waals surface area contributed by atoms with Gasteiger partial charge in [0, 0.05) is 7.05 Å². The predicted octanol–water partition coefficient (Wildman–Crippen LogP) is 1.72. The van der Waals surface area contributed by atoms with Crippen LogP contribution in [-0.4, -0.2) is 9.78 Å². The summed E-state index contributed by atoms with van der Waals surface area (Å²) >= 11 is 0. The van der Waals surface area contributed by atoms with Crippen molar-refractivity contribution < 1.29 is 9.13 Å². The first kappa shape index (κ1) is 10.5. The Bertz CT molecular complexity index is 478. The molecule has 0 spiro atoms. The molecule has 1 aromatic carbocycles. The third-order valence-corrected chi connectivity index (χ3v) is 2.27. The van der Waals surface area contributed by atoms with E-state index >= 15 is 0 Å². The molecular weight excluding hydrogens is 209 g/mol. The van der Waals surface area contributed by atoms with Crippen LogP contribution in [0.3, 0.4) is 0 Å². The Morgan fingerprint density at radius 3 is 2.62 bits per heavy atom. The Morgan fingerprint density at radius 2 is 2.06 bits per heavy atom. The van der Waals surface area contributed by atoms with Gasteiger partial charge in [-0.15, -0.1) is 0 Å². The van der Waals surface area contributed by atoms with Crippen LogP contribution >= 0.6 is 0 Å². The van der Waals surface area contributed by atoms with Crippen molar-refractivity contribution in [3.05, 3.63) is 41.8 Å². The number of aryl methyl sites for hydroxylation is 1. The second kappa shape index (κ2) is 4.22. The standard InChI is InChI=1S/C11H12FN3O/c1-15-11(13)8(6-14-15)7-16-10-4-2-9(12)3-5-10/h2-6H,7,13H2,1H3. The maximum absolute atomic E-state index is 12.6. The maximum Gasteiger partial charge on any atom is 0.127 e. The molecule has 0 fully saturated rings. The largest absolute Gasteiger partial charge is 0.489 e. The van der Waals surface area contributed by atoms with Crippen LogP contribution in [0.25, 0.3) is 0 Å². The van der Waals surface area contributed by atoms with Gasteiger partial charge < -0.3 is 10.5 Å². The summed E-state index contributed by atoms with van der Waals surface area (Å²) in [4.78, 5) is 0. The summed E-state index contributed by atoms with van der Waals surface area (Å²) in [6.45, 7) is 0.325. The van der Waals surface area contributed by atoms with Crippen LogP contribution in [0.15, 0.2) is 30.5 Å². The van der Waals surface area contributed by atoms with E-state index in [1.54, 1.807) is 30.1 Å². The van der Waals surface area contributed by atoms with E-state index in [1.165, 1.54) is 12.1 Å². The normalized spacial score (nSPS) is 10.4. The molecule has 0 radical (unpaired) electrons. The highest BCUT2D eigenvalue weighted by Crippen LogP contribution is 2.15. The maximum atomic E-state index is 12.6. The highest BCUT2D eigenvalue weighted by Gasteiger charge is 2.05. The molecule has 84 valence electrons. The number of nitrogens with two attached hydrogens (primary N) is 1. The topological polar surface area (TPSA) is 53.1 Å². The van der Waals surface area contributed by atoms with Crippen molar-refractivity contribution in [1.29, 1.82) is 0 Å². The molecule has 4 nitrogen and oxygen atoms in total. The van der Waals surface area contributed by atoms with Gasteiger partial charge in [0.25, 0.3) is 0 Å². The van der Waals surface area contributed by atoms with Gasteiger partial charge in [-0.05, 0) is 24.3 Å². The minimum atomic E-state index is -0.284. The lowest BCUT2D eigenvalue weighted by atomic mass is 10.3. The molecule has 0 aliphatic carbocycles. The zero-order chi connectivity index (χ0) is 11.5. The molecule has 0 amide bonds. The van der Waals surface area contributed by atoms with Crippen molar-refractivity contribution >= 4 is 5.82 Å². The van der Waals surface area contributed by atoms with Crippen molar-refractivity contribution in [1.82, 2.24) is 9.78 Å². The molecule has 0 unspecified atom stereocenters. The SMILES string of the molecule is Cn1ncc(COc2ccc(F)cc2)c1N. The van der Waals surface area contributed by atoms with E-state index < -0.39 is 0 Å². The van der Waals surface area contributed by atoms with Crippen LogP contribution < -0.4 is 10.5 Å². The molecule has 2 N–H and O–H groups in total. The Balaban J connectivity index is 2.02. The zero-order valence-corrected chi connectivity index (χ0v) is 8.85. The summed E-state index contributed by atoms with van der Waals surface area (Å²) in [5.74, 6) is 0.889. The van der Waals surface area contributed by atoms with Crippen LogP contribution in [0, 0.1) is 5.82 Å². The summed E-state index contributed by atoms with van der Waals surface area (Å²) < 4.78 is 19.6. The molecule has 0 saturated heterocycles. The molecule has 16 heavy (non-hydrogen) atoms. The van der Waals surface area contributed by atoms with E-state index in [4.69, 9.17) is 10.5 Å². The first-order valence-corrected chi connectivity index (χ1v) is 4.81. The first-order valence-electron chi connectivity index (χ1n) is 4.81. The number of aromatic nitrogens is 2. The Labute approximate surface area is 92.4 Å². The van der Waals surface area contributed by atoms with E-state index in [2.05, 4.69) is 5.10 Å². The average Bonchev–Trinajstić information content (AvgIpc) is 2.60. The van der Waals surface area contributed by atoms with Crippen LogP contribution in [0.2, 0.25) is 0 Å². The number of rotatable bonds is 3. The van der Waals surface area contributed by atoms with Gasteiger partial charge in [-0.2, -0.15) is 5.10 Å². The molecule has 2 rings (SSSR count). The summed E-state index contributed by atoms with van der Waals surface area (Å²) in [5.41, 5.74) is 6.56. The number of hydrogen-bond donors (Lipinski definition) is 1. The molecule has 1 heterocycles.